The molecule has 4 rings (SSSR count). The van der Waals surface area contributed by atoms with Crippen LogP contribution in [0.5, 0.6) is 11.5 Å². The van der Waals surface area contributed by atoms with E-state index in [4.69, 9.17) is 14.9 Å². The maximum Gasteiger partial charge on any atom is 0.246 e. The van der Waals surface area contributed by atoms with Crippen molar-refractivity contribution < 1.29 is 27.4 Å². The van der Waals surface area contributed by atoms with Gasteiger partial charge in [0.1, 0.15) is 11.9 Å². The number of carbonyl (C=O) groups excluding carboxylic acids is 1. The fourth-order valence-corrected chi connectivity index (χ4v) is 3.58. The topological polar surface area (TPSA) is 87.5 Å². The summed E-state index contributed by atoms with van der Waals surface area (Å²) in [6, 6.07) is 9.50. The van der Waals surface area contributed by atoms with Crippen LogP contribution in [0.4, 0.5) is 24.5 Å². The number of morpholine rings is 1. The third-order valence-electron chi connectivity index (χ3n) is 5.32. The standard InChI is InChI=1S/C25H21F3N4O3/c1-2-22(33)32-10-11-34-21(14-32)24(29)23-19(28)12-30-13-20(23)31-15-6-8-16(9-7-15)35-25-17(26)4-3-5-18(25)27/h2-9,12-13,21,29,31H,1,10-11,14H2. The van der Waals surface area contributed by atoms with E-state index in [9.17, 15) is 18.0 Å². The average Bonchev–Trinajstić information content (AvgIpc) is 2.87. The van der Waals surface area contributed by atoms with Crippen LogP contribution >= 0.6 is 0 Å². The third-order valence-corrected chi connectivity index (χ3v) is 5.32. The number of nitrogens with zero attached hydrogens (tertiary/aromatic N) is 2. The van der Waals surface area contributed by atoms with Crippen LogP contribution in [0.15, 0.2) is 67.5 Å². The van der Waals surface area contributed by atoms with Crippen LogP contribution < -0.4 is 10.1 Å². The number of pyridine rings is 1. The Balaban J connectivity index is 1.52. The van der Waals surface area contributed by atoms with Gasteiger partial charge in [-0.3, -0.25) is 9.78 Å². The van der Waals surface area contributed by atoms with Crippen LogP contribution in [-0.4, -0.2) is 47.3 Å². The number of hydrogen-bond acceptors (Lipinski definition) is 6. The highest BCUT2D eigenvalue weighted by Gasteiger charge is 2.29. The minimum absolute atomic E-state index is 0.0494. The van der Waals surface area contributed by atoms with Gasteiger partial charge in [-0.2, -0.15) is 0 Å². The summed E-state index contributed by atoms with van der Waals surface area (Å²) in [4.78, 5) is 17.3. The first-order valence-corrected chi connectivity index (χ1v) is 10.6. The predicted molar refractivity (Wildman–Crippen MR) is 124 cm³/mol. The fraction of sp³-hybridized carbons (Fsp3) is 0.160. The summed E-state index contributed by atoms with van der Waals surface area (Å²) in [7, 11) is 0. The van der Waals surface area contributed by atoms with E-state index in [2.05, 4.69) is 16.9 Å². The van der Waals surface area contributed by atoms with E-state index in [0.29, 0.717) is 12.2 Å². The van der Waals surface area contributed by atoms with Crippen LogP contribution in [0.1, 0.15) is 5.56 Å². The van der Waals surface area contributed by atoms with Gasteiger partial charge in [0.2, 0.25) is 5.91 Å². The molecule has 0 aliphatic carbocycles. The lowest BCUT2D eigenvalue weighted by Gasteiger charge is -2.33. The zero-order valence-electron chi connectivity index (χ0n) is 18.4. The molecule has 2 aromatic carbocycles. The number of halogens is 3. The first-order chi connectivity index (χ1) is 16.9. The Bertz CT molecular complexity index is 1250. The SMILES string of the molecule is C=CC(=O)N1CCOC(C(=N)c2c(F)cncc2Nc2ccc(Oc3c(F)cccc3F)cc2)C1. The van der Waals surface area contributed by atoms with Crippen molar-refractivity contribution in [2.24, 2.45) is 0 Å². The predicted octanol–water partition coefficient (Wildman–Crippen LogP) is 4.82. The molecular weight excluding hydrogens is 461 g/mol. The van der Waals surface area contributed by atoms with Crippen molar-refractivity contribution in [3.05, 3.63) is 90.5 Å². The molecule has 0 saturated carbocycles. The van der Waals surface area contributed by atoms with E-state index >= 15 is 0 Å². The molecule has 1 atom stereocenters. The molecule has 1 saturated heterocycles. The molecule has 1 fully saturated rings. The lowest BCUT2D eigenvalue weighted by atomic mass is 10.0. The van der Waals surface area contributed by atoms with Crippen molar-refractivity contribution in [2.75, 3.05) is 25.0 Å². The van der Waals surface area contributed by atoms with Crippen molar-refractivity contribution in [1.29, 1.82) is 5.41 Å². The van der Waals surface area contributed by atoms with Crippen molar-refractivity contribution in [1.82, 2.24) is 9.88 Å². The molecule has 0 spiro atoms. The van der Waals surface area contributed by atoms with Crippen molar-refractivity contribution in [3.63, 3.8) is 0 Å². The summed E-state index contributed by atoms with van der Waals surface area (Å²) >= 11 is 0. The maximum absolute atomic E-state index is 14.8. The molecule has 1 aliphatic rings. The minimum Gasteiger partial charge on any atom is -0.451 e. The zero-order chi connectivity index (χ0) is 24.9. The number of rotatable bonds is 7. The first kappa shape index (κ1) is 24.0. The Morgan fingerprint density at radius 3 is 2.54 bits per heavy atom. The number of benzene rings is 2. The summed E-state index contributed by atoms with van der Waals surface area (Å²) in [6.07, 6.45) is 2.70. The molecule has 3 aromatic rings. The van der Waals surface area contributed by atoms with Gasteiger partial charge in [0, 0.05) is 12.2 Å². The largest absolute Gasteiger partial charge is 0.451 e. The molecule has 1 aliphatic heterocycles. The Kier molecular flexibility index (Phi) is 7.11. The molecule has 0 radical (unpaired) electrons. The number of amides is 1. The lowest BCUT2D eigenvalue weighted by Crippen LogP contribution is -2.48. The van der Waals surface area contributed by atoms with Crippen LogP contribution in [0, 0.1) is 22.9 Å². The Morgan fingerprint density at radius 1 is 1.14 bits per heavy atom. The molecule has 2 heterocycles. The number of ether oxygens (including phenoxy) is 2. The number of carbonyl (C=O) groups is 1. The second-order valence-electron chi connectivity index (χ2n) is 7.61. The van der Waals surface area contributed by atoms with Crippen molar-refractivity contribution in [2.45, 2.75) is 6.10 Å². The Morgan fingerprint density at radius 2 is 1.86 bits per heavy atom. The van der Waals surface area contributed by atoms with Gasteiger partial charge in [-0.15, -0.1) is 0 Å². The molecule has 180 valence electrons. The number of nitrogens with one attached hydrogen (secondary N) is 2. The van der Waals surface area contributed by atoms with Gasteiger partial charge in [0.15, 0.2) is 23.2 Å². The molecular formula is C25H21F3N4O3. The van der Waals surface area contributed by atoms with Crippen LogP contribution in [-0.2, 0) is 9.53 Å². The zero-order valence-corrected chi connectivity index (χ0v) is 18.4. The third kappa shape index (κ3) is 5.33. The van der Waals surface area contributed by atoms with E-state index in [1.54, 1.807) is 12.1 Å². The maximum atomic E-state index is 14.8. The highest BCUT2D eigenvalue weighted by Crippen LogP contribution is 2.30. The van der Waals surface area contributed by atoms with E-state index < -0.39 is 29.3 Å². The van der Waals surface area contributed by atoms with Gasteiger partial charge in [0.25, 0.3) is 0 Å². The quantitative estimate of drug-likeness (QED) is 0.373. The van der Waals surface area contributed by atoms with Gasteiger partial charge >= 0.3 is 0 Å². The summed E-state index contributed by atoms with van der Waals surface area (Å²) in [5, 5.41) is 11.6. The van der Waals surface area contributed by atoms with Crippen LogP contribution in [0.3, 0.4) is 0 Å². The van der Waals surface area contributed by atoms with Crippen LogP contribution in [0.25, 0.3) is 0 Å². The second kappa shape index (κ2) is 10.4. The summed E-state index contributed by atoms with van der Waals surface area (Å²) in [5.74, 6) is -3.02. The van der Waals surface area contributed by atoms with Gasteiger partial charge in [-0.25, -0.2) is 13.2 Å². The second-order valence-corrected chi connectivity index (χ2v) is 7.61. The van der Waals surface area contributed by atoms with E-state index in [1.165, 1.54) is 35.4 Å². The smallest absolute Gasteiger partial charge is 0.246 e. The molecule has 35 heavy (non-hydrogen) atoms. The van der Waals surface area contributed by atoms with E-state index in [1.807, 2.05) is 0 Å². The van der Waals surface area contributed by atoms with E-state index in [0.717, 1.165) is 18.3 Å². The monoisotopic (exact) mass is 482 g/mol. The molecule has 1 unspecified atom stereocenters. The van der Waals surface area contributed by atoms with Gasteiger partial charge in [0.05, 0.1) is 42.5 Å². The number of aromatic nitrogens is 1. The van der Waals surface area contributed by atoms with Gasteiger partial charge in [-0.05, 0) is 42.5 Å². The van der Waals surface area contributed by atoms with Crippen molar-refractivity contribution in [3.8, 4) is 11.5 Å². The Hall–Kier alpha value is -4.18. The highest BCUT2D eigenvalue weighted by atomic mass is 19.1. The molecule has 1 amide bonds. The lowest BCUT2D eigenvalue weighted by molar-refractivity contribution is -0.131. The summed E-state index contributed by atoms with van der Waals surface area (Å²) in [5.41, 5.74) is 0.496. The summed E-state index contributed by atoms with van der Waals surface area (Å²) < 4.78 is 53.4. The van der Waals surface area contributed by atoms with E-state index in [-0.39, 0.29) is 41.8 Å². The van der Waals surface area contributed by atoms with Crippen molar-refractivity contribution >= 4 is 23.0 Å². The molecule has 2 N–H and O–H groups in total. The molecule has 1 aromatic heterocycles. The number of hydrogen-bond donors (Lipinski definition) is 2. The first-order valence-electron chi connectivity index (χ1n) is 10.6. The molecule has 10 heteroatoms. The number of para-hydroxylation sites is 1. The highest BCUT2D eigenvalue weighted by molar-refractivity contribution is 6.07. The minimum atomic E-state index is -0.837. The van der Waals surface area contributed by atoms with Gasteiger partial charge in [-0.1, -0.05) is 12.6 Å². The molecule has 0 bridgehead atoms. The average molecular weight is 482 g/mol. The normalized spacial score (nSPS) is 15.4. The fourth-order valence-electron chi connectivity index (χ4n) is 3.58. The Labute approximate surface area is 199 Å². The molecule has 7 nitrogen and oxygen atoms in total. The number of anilines is 2. The van der Waals surface area contributed by atoms with Crippen LogP contribution in [0.2, 0.25) is 0 Å². The van der Waals surface area contributed by atoms with Gasteiger partial charge < -0.3 is 25.1 Å². The summed E-state index contributed by atoms with van der Waals surface area (Å²) in [6.45, 7) is 4.11.